The van der Waals surface area contributed by atoms with Crippen LogP contribution in [-0.4, -0.2) is 35.8 Å². The monoisotopic (exact) mass is 443 g/mol. The number of rotatable bonds is 11. The first-order valence-electron chi connectivity index (χ1n) is 11.1. The molecule has 0 unspecified atom stereocenters. The number of hydrogen-bond donors (Lipinski definition) is 0. The van der Waals surface area contributed by atoms with Crippen molar-refractivity contribution in [1.82, 2.24) is 15.0 Å². The van der Waals surface area contributed by atoms with Crippen LogP contribution in [-0.2, 0) is 25.9 Å². The van der Waals surface area contributed by atoms with Gasteiger partial charge in [0.05, 0.1) is 20.8 Å². The molecule has 0 aliphatic heterocycles. The predicted octanol–water partition coefficient (Wildman–Crippen LogP) is 4.92. The lowest BCUT2D eigenvalue weighted by Crippen LogP contribution is -2.25. The van der Waals surface area contributed by atoms with Gasteiger partial charge in [0.15, 0.2) is 17.3 Å². The predicted molar refractivity (Wildman–Crippen MR) is 127 cm³/mol. The Morgan fingerprint density at radius 3 is 2.15 bits per heavy atom. The number of hydrogen-bond acceptors (Lipinski definition) is 6. The Hall–Kier alpha value is -3.64. The van der Waals surface area contributed by atoms with Gasteiger partial charge in [0.1, 0.15) is 0 Å². The Balaban J connectivity index is 1.43. The van der Waals surface area contributed by atoms with Gasteiger partial charge < -0.3 is 14.0 Å². The van der Waals surface area contributed by atoms with Gasteiger partial charge in [0.2, 0.25) is 5.89 Å². The van der Waals surface area contributed by atoms with E-state index in [2.05, 4.69) is 63.6 Å². The zero-order valence-corrected chi connectivity index (χ0v) is 19.1. The van der Waals surface area contributed by atoms with E-state index in [1.807, 2.05) is 30.3 Å². The van der Waals surface area contributed by atoms with Crippen molar-refractivity contribution < 1.29 is 14.0 Å². The highest BCUT2D eigenvalue weighted by atomic mass is 16.5. The van der Waals surface area contributed by atoms with Crippen LogP contribution in [0.3, 0.4) is 0 Å². The first-order chi connectivity index (χ1) is 16.2. The molecule has 0 atom stereocenters. The van der Waals surface area contributed by atoms with Crippen molar-refractivity contribution in [3.8, 4) is 11.5 Å². The molecular weight excluding hydrogens is 414 g/mol. The van der Waals surface area contributed by atoms with E-state index < -0.39 is 0 Å². The molecule has 0 aliphatic rings. The molecule has 170 valence electrons. The number of benzene rings is 3. The number of nitrogens with zero attached hydrogens (tertiary/aromatic N) is 3. The molecule has 0 amide bonds. The van der Waals surface area contributed by atoms with Crippen molar-refractivity contribution >= 4 is 0 Å². The Kier molecular flexibility index (Phi) is 7.72. The van der Waals surface area contributed by atoms with E-state index in [1.54, 1.807) is 14.2 Å². The van der Waals surface area contributed by atoms with Crippen LogP contribution in [0.2, 0.25) is 0 Å². The SMILES string of the molecule is COc1ccc(Cc2noc(CN(CCc3ccccc3)Cc3ccccc3)n2)cc1OC. The second kappa shape index (κ2) is 11.3. The van der Waals surface area contributed by atoms with E-state index in [0.717, 1.165) is 25.1 Å². The average Bonchev–Trinajstić information content (AvgIpc) is 3.30. The van der Waals surface area contributed by atoms with Gasteiger partial charge in [-0.3, -0.25) is 4.90 Å². The van der Waals surface area contributed by atoms with E-state index in [4.69, 9.17) is 14.0 Å². The summed E-state index contributed by atoms with van der Waals surface area (Å²) >= 11 is 0. The fourth-order valence-electron chi connectivity index (χ4n) is 3.78. The van der Waals surface area contributed by atoms with Crippen LogP contribution < -0.4 is 9.47 Å². The molecule has 6 nitrogen and oxygen atoms in total. The minimum atomic E-state index is 0.562. The maximum Gasteiger partial charge on any atom is 0.240 e. The quantitative estimate of drug-likeness (QED) is 0.328. The molecule has 33 heavy (non-hydrogen) atoms. The molecular formula is C27H29N3O3. The molecule has 0 N–H and O–H groups in total. The number of aromatic nitrogens is 2. The van der Waals surface area contributed by atoms with Crippen LogP contribution in [0.25, 0.3) is 0 Å². The maximum atomic E-state index is 5.60. The number of ether oxygens (including phenoxy) is 2. The van der Waals surface area contributed by atoms with Gasteiger partial charge >= 0.3 is 0 Å². The first kappa shape index (κ1) is 22.6. The van der Waals surface area contributed by atoms with Crippen molar-refractivity contribution in [2.75, 3.05) is 20.8 Å². The molecule has 0 radical (unpaired) electrons. The summed E-state index contributed by atoms with van der Waals surface area (Å²) in [7, 11) is 3.26. The molecule has 0 bridgehead atoms. The van der Waals surface area contributed by atoms with Crippen LogP contribution in [0.5, 0.6) is 11.5 Å². The molecule has 4 aromatic rings. The fourth-order valence-corrected chi connectivity index (χ4v) is 3.78. The summed E-state index contributed by atoms with van der Waals surface area (Å²) in [6.45, 7) is 2.31. The average molecular weight is 444 g/mol. The third kappa shape index (κ3) is 6.43. The van der Waals surface area contributed by atoms with Gasteiger partial charge in [-0.1, -0.05) is 71.9 Å². The van der Waals surface area contributed by atoms with Gasteiger partial charge in [0, 0.05) is 19.5 Å². The lowest BCUT2D eigenvalue weighted by atomic mass is 10.1. The van der Waals surface area contributed by atoms with Crippen LogP contribution in [0.15, 0.2) is 83.4 Å². The highest BCUT2D eigenvalue weighted by Gasteiger charge is 2.14. The van der Waals surface area contributed by atoms with Crippen molar-refractivity contribution in [2.24, 2.45) is 0 Å². The van der Waals surface area contributed by atoms with Gasteiger partial charge in [-0.2, -0.15) is 4.98 Å². The topological polar surface area (TPSA) is 60.6 Å². The Morgan fingerprint density at radius 2 is 1.45 bits per heavy atom. The minimum absolute atomic E-state index is 0.562. The fraction of sp³-hybridized carbons (Fsp3) is 0.259. The Labute approximate surface area is 194 Å². The van der Waals surface area contributed by atoms with Crippen molar-refractivity contribution in [1.29, 1.82) is 0 Å². The summed E-state index contributed by atoms with van der Waals surface area (Å²) in [5, 5.41) is 4.20. The summed E-state index contributed by atoms with van der Waals surface area (Å²) < 4.78 is 16.3. The molecule has 0 fully saturated rings. The van der Waals surface area contributed by atoms with Crippen LogP contribution in [0.1, 0.15) is 28.4 Å². The summed E-state index contributed by atoms with van der Waals surface area (Å²) in [6, 6.07) is 26.8. The number of methoxy groups -OCH3 is 2. The highest BCUT2D eigenvalue weighted by molar-refractivity contribution is 5.43. The Morgan fingerprint density at radius 1 is 0.758 bits per heavy atom. The van der Waals surface area contributed by atoms with Gasteiger partial charge in [-0.15, -0.1) is 0 Å². The van der Waals surface area contributed by atoms with Gasteiger partial charge in [0.25, 0.3) is 0 Å². The third-order valence-electron chi connectivity index (χ3n) is 5.49. The lowest BCUT2D eigenvalue weighted by Gasteiger charge is -2.20. The molecule has 0 spiro atoms. The Bertz CT molecular complexity index is 1130. The van der Waals surface area contributed by atoms with E-state index in [-0.39, 0.29) is 0 Å². The first-order valence-corrected chi connectivity index (χ1v) is 11.1. The standard InChI is InChI=1S/C27H29N3O3/c1-31-24-14-13-23(17-25(24)32-2)18-26-28-27(33-29-26)20-30(19-22-11-7-4-8-12-22)16-15-21-9-5-3-6-10-21/h3-14,17H,15-16,18-20H2,1-2H3. The van der Waals surface area contributed by atoms with Crippen LogP contribution in [0.4, 0.5) is 0 Å². The lowest BCUT2D eigenvalue weighted by molar-refractivity contribution is 0.221. The molecule has 0 saturated carbocycles. The molecule has 1 heterocycles. The molecule has 4 rings (SSSR count). The smallest absolute Gasteiger partial charge is 0.240 e. The second-order valence-corrected chi connectivity index (χ2v) is 7.90. The van der Waals surface area contributed by atoms with Gasteiger partial charge in [-0.25, -0.2) is 0 Å². The van der Waals surface area contributed by atoms with Crippen molar-refractivity contribution in [3.63, 3.8) is 0 Å². The molecule has 0 saturated heterocycles. The summed E-state index contributed by atoms with van der Waals surface area (Å²) in [5.41, 5.74) is 3.61. The van der Waals surface area contributed by atoms with E-state index in [1.165, 1.54) is 11.1 Å². The minimum Gasteiger partial charge on any atom is -0.493 e. The summed E-state index contributed by atoms with van der Waals surface area (Å²) in [6.07, 6.45) is 1.52. The van der Waals surface area contributed by atoms with Gasteiger partial charge in [-0.05, 0) is 35.2 Å². The third-order valence-corrected chi connectivity index (χ3v) is 5.49. The summed E-state index contributed by atoms with van der Waals surface area (Å²) in [5.74, 6) is 2.66. The molecule has 6 heteroatoms. The molecule has 0 aliphatic carbocycles. The van der Waals surface area contributed by atoms with Crippen LogP contribution >= 0.6 is 0 Å². The zero-order chi connectivity index (χ0) is 22.9. The van der Waals surface area contributed by atoms with E-state index in [0.29, 0.717) is 36.2 Å². The van der Waals surface area contributed by atoms with Crippen molar-refractivity contribution in [3.05, 3.63) is 107 Å². The van der Waals surface area contributed by atoms with Crippen LogP contribution in [0, 0.1) is 0 Å². The zero-order valence-electron chi connectivity index (χ0n) is 19.1. The van der Waals surface area contributed by atoms with E-state index >= 15 is 0 Å². The highest BCUT2D eigenvalue weighted by Crippen LogP contribution is 2.28. The largest absolute Gasteiger partial charge is 0.493 e. The second-order valence-electron chi connectivity index (χ2n) is 7.90. The maximum absolute atomic E-state index is 5.60. The van der Waals surface area contributed by atoms with E-state index in [9.17, 15) is 0 Å². The normalized spacial score (nSPS) is 11.0. The summed E-state index contributed by atoms with van der Waals surface area (Å²) in [4.78, 5) is 6.99. The molecule has 1 aromatic heterocycles. The van der Waals surface area contributed by atoms with Crippen molar-refractivity contribution in [2.45, 2.75) is 25.9 Å². The molecule has 3 aromatic carbocycles.